The minimum Gasteiger partial charge on any atom is -0.347 e. The van der Waals surface area contributed by atoms with Crippen molar-refractivity contribution in [1.82, 2.24) is 24.9 Å². The third-order valence-electron chi connectivity index (χ3n) is 5.42. The SMILES string of the molecule is c1ccc(-c2nc3c(c(N4CCCC[C@@H]4c4ncc[nH]4)n2)CCC3)nc1. The molecule has 0 aromatic carbocycles. The molecular weight excluding hydrogens is 324 g/mol. The van der Waals surface area contributed by atoms with Crippen LogP contribution >= 0.6 is 0 Å². The van der Waals surface area contributed by atoms with Gasteiger partial charge in [-0.05, 0) is 50.7 Å². The number of hydrogen-bond donors (Lipinski definition) is 1. The Bertz CT molecular complexity index is 890. The number of aromatic amines is 1. The number of imidazole rings is 1. The molecule has 0 spiro atoms. The number of fused-ring (bicyclic) bond motifs is 1. The number of H-pyrrole nitrogens is 1. The van der Waals surface area contributed by atoms with Crippen molar-refractivity contribution < 1.29 is 0 Å². The molecule has 1 N–H and O–H groups in total. The number of anilines is 1. The van der Waals surface area contributed by atoms with Gasteiger partial charge < -0.3 is 9.88 Å². The molecule has 1 saturated heterocycles. The summed E-state index contributed by atoms with van der Waals surface area (Å²) in [6, 6.07) is 6.16. The number of hydrogen-bond acceptors (Lipinski definition) is 5. The molecule has 0 radical (unpaired) electrons. The third-order valence-corrected chi connectivity index (χ3v) is 5.42. The molecule has 3 aromatic heterocycles. The second-order valence-corrected chi connectivity index (χ2v) is 7.04. The van der Waals surface area contributed by atoms with E-state index in [4.69, 9.17) is 9.97 Å². The van der Waals surface area contributed by atoms with E-state index in [9.17, 15) is 0 Å². The Morgan fingerprint density at radius 2 is 2.00 bits per heavy atom. The number of rotatable bonds is 3. The van der Waals surface area contributed by atoms with E-state index in [-0.39, 0.29) is 6.04 Å². The molecular formula is C20H22N6. The van der Waals surface area contributed by atoms with Gasteiger partial charge in [0.25, 0.3) is 0 Å². The zero-order valence-corrected chi connectivity index (χ0v) is 14.7. The van der Waals surface area contributed by atoms with Crippen molar-refractivity contribution in [2.24, 2.45) is 0 Å². The van der Waals surface area contributed by atoms with Crippen LogP contribution in [-0.4, -0.2) is 31.5 Å². The monoisotopic (exact) mass is 346 g/mol. The molecule has 1 aliphatic heterocycles. The van der Waals surface area contributed by atoms with Gasteiger partial charge in [0.2, 0.25) is 0 Å². The molecule has 26 heavy (non-hydrogen) atoms. The van der Waals surface area contributed by atoms with Crippen LogP contribution in [0.5, 0.6) is 0 Å². The second-order valence-electron chi connectivity index (χ2n) is 7.04. The summed E-state index contributed by atoms with van der Waals surface area (Å²) >= 11 is 0. The molecule has 0 amide bonds. The highest BCUT2D eigenvalue weighted by Gasteiger charge is 2.31. The maximum atomic E-state index is 5.01. The largest absolute Gasteiger partial charge is 0.347 e. The standard InChI is InChI=1S/C20H22N6/c1-3-10-21-16(7-1)18-24-15-8-5-6-14(15)20(25-18)26-13-4-2-9-17(26)19-22-11-12-23-19/h1,3,7,10-12,17H,2,4-6,8-9,13H2,(H,22,23)/t17-/m1/s1. The van der Waals surface area contributed by atoms with Crippen LogP contribution in [0.3, 0.4) is 0 Å². The number of aromatic nitrogens is 5. The Balaban J connectivity index is 1.62. The Labute approximate surface area is 152 Å². The number of nitrogens with zero attached hydrogens (tertiary/aromatic N) is 5. The van der Waals surface area contributed by atoms with Gasteiger partial charge in [0, 0.05) is 36.4 Å². The van der Waals surface area contributed by atoms with Gasteiger partial charge >= 0.3 is 0 Å². The van der Waals surface area contributed by atoms with Crippen LogP contribution in [-0.2, 0) is 12.8 Å². The van der Waals surface area contributed by atoms with Crippen molar-refractivity contribution in [3.05, 3.63) is 53.9 Å². The van der Waals surface area contributed by atoms with Gasteiger partial charge in [-0.25, -0.2) is 15.0 Å². The lowest BCUT2D eigenvalue weighted by atomic mass is 10.0. The topological polar surface area (TPSA) is 70.6 Å². The average Bonchev–Trinajstić information content (AvgIpc) is 3.40. The lowest BCUT2D eigenvalue weighted by Crippen LogP contribution is -2.35. The average molecular weight is 346 g/mol. The van der Waals surface area contributed by atoms with Gasteiger partial charge in [0.05, 0.1) is 6.04 Å². The molecule has 1 atom stereocenters. The van der Waals surface area contributed by atoms with Crippen molar-refractivity contribution in [3.63, 3.8) is 0 Å². The summed E-state index contributed by atoms with van der Waals surface area (Å²) in [4.78, 5) is 24.6. The van der Waals surface area contributed by atoms with Gasteiger partial charge in [-0.1, -0.05) is 6.07 Å². The lowest BCUT2D eigenvalue weighted by Gasteiger charge is -2.36. The predicted molar refractivity (Wildman–Crippen MR) is 99.8 cm³/mol. The van der Waals surface area contributed by atoms with Gasteiger partial charge in [-0.3, -0.25) is 4.98 Å². The smallest absolute Gasteiger partial charge is 0.180 e. The highest BCUT2D eigenvalue weighted by Crippen LogP contribution is 2.38. The van der Waals surface area contributed by atoms with Gasteiger partial charge in [-0.15, -0.1) is 0 Å². The number of pyridine rings is 1. The van der Waals surface area contributed by atoms with Crippen molar-refractivity contribution in [2.75, 3.05) is 11.4 Å². The molecule has 0 unspecified atom stereocenters. The maximum Gasteiger partial charge on any atom is 0.180 e. The fourth-order valence-corrected chi connectivity index (χ4v) is 4.19. The first-order valence-corrected chi connectivity index (χ1v) is 9.47. The summed E-state index contributed by atoms with van der Waals surface area (Å²) in [7, 11) is 0. The summed E-state index contributed by atoms with van der Waals surface area (Å²) in [5, 5.41) is 0. The zero-order valence-electron chi connectivity index (χ0n) is 14.7. The maximum absolute atomic E-state index is 5.01. The van der Waals surface area contributed by atoms with Crippen LogP contribution in [0.15, 0.2) is 36.8 Å². The molecule has 2 aliphatic rings. The number of piperidine rings is 1. The van der Waals surface area contributed by atoms with Gasteiger partial charge in [-0.2, -0.15) is 0 Å². The molecule has 4 heterocycles. The molecule has 1 aliphatic carbocycles. The van der Waals surface area contributed by atoms with Crippen LogP contribution < -0.4 is 4.90 Å². The van der Waals surface area contributed by atoms with Crippen LogP contribution in [0.1, 0.15) is 48.8 Å². The molecule has 3 aromatic rings. The van der Waals surface area contributed by atoms with Crippen molar-refractivity contribution >= 4 is 5.82 Å². The summed E-state index contributed by atoms with van der Waals surface area (Å²) in [6.45, 7) is 1.01. The molecule has 6 heteroatoms. The molecule has 5 rings (SSSR count). The quantitative estimate of drug-likeness (QED) is 0.786. The third kappa shape index (κ3) is 2.66. The summed E-state index contributed by atoms with van der Waals surface area (Å²) in [6.07, 6.45) is 12.3. The first-order chi connectivity index (χ1) is 12.9. The van der Waals surface area contributed by atoms with Crippen LogP contribution in [0.25, 0.3) is 11.5 Å². The van der Waals surface area contributed by atoms with E-state index in [0.29, 0.717) is 0 Å². The summed E-state index contributed by atoms with van der Waals surface area (Å²) in [5.74, 6) is 2.87. The lowest BCUT2D eigenvalue weighted by molar-refractivity contribution is 0.454. The Hall–Kier alpha value is -2.76. The Kier molecular flexibility index (Phi) is 3.88. The van der Waals surface area contributed by atoms with Crippen molar-refractivity contribution in [2.45, 2.75) is 44.6 Å². The van der Waals surface area contributed by atoms with Crippen molar-refractivity contribution in [1.29, 1.82) is 0 Å². The Morgan fingerprint density at radius 1 is 1.00 bits per heavy atom. The van der Waals surface area contributed by atoms with E-state index >= 15 is 0 Å². The first kappa shape index (κ1) is 15.5. The van der Waals surface area contributed by atoms with Gasteiger partial charge in [0.1, 0.15) is 17.3 Å². The summed E-state index contributed by atoms with van der Waals surface area (Å²) in [5.41, 5.74) is 3.36. The minimum absolute atomic E-state index is 0.259. The fourth-order valence-electron chi connectivity index (χ4n) is 4.19. The first-order valence-electron chi connectivity index (χ1n) is 9.47. The van der Waals surface area contributed by atoms with Crippen LogP contribution in [0, 0.1) is 0 Å². The van der Waals surface area contributed by atoms with E-state index in [1.807, 2.05) is 30.6 Å². The van der Waals surface area contributed by atoms with Crippen LogP contribution in [0.2, 0.25) is 0 Å². The zero-order chi connectivity index (χ0) is 17.3. The van der Waals surface area contributed by atoms with E-state index in [1.165, 1.54) is 24.1 Å². The fraction of sp³-hybridized carbons (Fsp3) is 0.400. The van der Waals surface area contributed by atoms with E-state index < -0.39 is 0 Å². The van der Waals surface area contributed by atoms with Crippen molar-refractivity contribution in [3.8, 4) is 11.5 Å². The minimum atomic E-state index is 0.259. The highest BCUT2D eigenvalue weighted by atomic mass is 15.3. The van der Waals surface area contributed by atoms with E-state index in [1.54, 1.807) is 6.20 Å². The Morgan fingerprint density at radius 3 is 2.85 bits per heavy atom. The molecule has 0 saturated carbocycles. The summed E-state index contributed by atoms with van der Waals surface area (Å²) < 4.78 is 0. The molecule has 132 valence electrons. The van der Waals surface area contributed by atoms with Crippen LogP contribution in [0.4, 0.5) is 5.82 Å². The number of nitrogens with one attached hydrogen (secondary N) is 1. The highest BCUT2D eigenvalue weighted by molar-refractivity contribution is 5.59. The van der Waals surface area contributed by atoms with Gasteiger partial charge in [0.15, 0.2) is 5.82 Å². The van der Waals surface area contributed by atoms with E-state index in [0.717, 1.165) is 55.4 Å². The number of aryl methyl sites for hydroxylation is 1. The predicted octanol–water partition coefficient (Wildman–Crippen LogP) is 3.48. The molecule has 6 nitrogen and oxygen atoms in total. The molecule has 1 fully saturated rings. The van der Waals surface area contributed by atoms with E-state index in [2.05, 4.69) is 19.9 Å². The normalized spacial score (nSPS) is 19.5. The second kappa shape index (κ2) is 6.52. The molecule has 0 bridgehead atoms.